The lowest BCUT2D eigenvalue weighted by Gasteiger charge is -2.14. The zero-order chi connectivity index (χ0) is 21.8. The highest BCUT2D eigenvalue weighted by Gasteiger charge is 2.34. The van der Waals surface area contributed by atoms with Crippen molar-refractivity contribution in [3.8, 4) is 0 Å². The quantitative estimate of drug-likeness (QED) is 0.603. The topological polar surface area (TPSA) is 108 Å². The Bertz CT molecular complexity index is 1140. The largest absolute Gasteiger partial charge is 0.326 e. The van der Waals surface area contributed by atoms with Gasteiger partial charge in [-0.15, -0.1) is 0 Å². The van der Waals surface area contributed by atoms with Gasteiger partial charge in [0.2, 0.25) is 5.91 Å². The molecule has 154 valence electrons. The molecule has 0 spiro atoms. The molecule has 0 radical (unpaired) electrons. The summed E-state index contributed by atoms with van der Waals surface area (Å²) in [6.45, 7) is -0.0182. The lowest BCUT2D eigenvalue weighted by atomic mass is 10.1. The van der Waals surface area contributed by atoms with E-state index in [1.165, 1.54) is 6.20 Å². The fourth-order valence-corrected chi connectivity index (χ4v) is 3.25. The fraction of sp³-hybridized carbons (Fsp3) is 0.0870. The van der Waals surface area contributed by atoms with E-state index in [-0.39, 0.29) is 24.8 Å². The highest BCUT2D eigenvalue weighted by Crippen LogP contribution is 2.22. The van der Waals surface area contributed by atoms with Crippen LogP contribution in [0.4, 0.5) is 11.4 Å². The van der Waals surface area contributed by atoms with E-state index >= 15 is 0 Å². The van der Waals surface area contributed by atoms with Crippen molar-refractivity contribution in [2.75, 3.05) is 17.2 Å². The summed E-state index contributed by atoms with van der Waals surface area (Å²) in [7, 11) is 0. The van der Waals surface area contributed by atoms with E-state index in [9.17, 15) is 19.2 Å². The average Bonchev–Trinajstić information content (AvgIpc) is 3.03. The van der Waals surface area contributed by atoms with Crippen LogP contribution < -0.4 is 10.6 Å². The number of rotatable bonds is 6. The Morgan fingerprint density at radius 2 is 1.52 bits per heavy atom. The van der Waals surface area contributed by atoms with Crippen LogP contribution in [0.25, 0.3) is 0 Å². The van der Waals surface area contributed by atoms with Gasteiger partial charge in [-0.25, -0.2) is 0 Å². The number of pyridine rings is 1. The number of hydrogen-bond donors (Lipinski definition) is 2. The molecule has 2 N–H and O–H groups in total. The van der Waals surface area contributed by atoms with Gasteiger partial charge in [0.05, 0.1) is 16.7 Å². The summed E-state index contributed by atoms with van der Waals surface area (Å²) in [5.74, 6) is -1.46. The molecule has 0 saturated carbocycles. The molecule has 1 aromatic heterocycles. The van der Waals surface area contributed by atoms with E-state index in [1.807, 2.05) is 0 Å². The van der Waals surface area contributed by atoms with Crippen LogP contribution in [0.1, 0.15) is 37.5 Å². The first-order valence-corrected chi connectivity index (χ1v) is 9.59. The molecule has 3 aromatic rings. The highest BCUT2D eigenvalue weighted by molar-refractivity contribution is 6.21. The normalized spacial score (nSPS) is 12.5. The van der Waals surface area contributed by atoms with E-state index in [0.717, 1.165) is 4.90 Å². The number of hydrogen-bond acceptors (Lipinski definition) is 5. The highest BCUT2D eigenvalue weighted by atomic mass is 16.2. The molecular formula is C23H18N4O4. The molecule has 8 nitrogen and oxygen atoms in total. The van der Waals surface area contributed by atoms with Gasteiger partial charge in [0.15, 0.2) is 0 Å². The summed E-state index contributed by atoms with van der Waals surface area (Å²) in [5.41, 5.74) is 2.11. The SMILES string of the molecule is O=C(CCN1C(=O)c2ccccc2C1=O)Nc1cccc(NC(=O)c2cccnc2)c1. The van der Waals surface area contributed by atoms with E-state index in [2.05, 4.69) is 15.6 Å². The maximum Gasteiger partial charge on any atom is 0.261 e. The number of fused-ring (bicyclic) bond motifs is 1. The molecule has 0 bridgehead atoms. The number of nitrogens with one attached hydrogen (secondary N) is 2. The van der Waals surface area contributed by atoms with Crippen molar-refractivity contribution in [1.29, 1.82) is 0 Å². The molecule has 4 amide bonds. The Labute approximate surface area is 177 Å². The molecule has 4 rings (SSSR count). The molecule has 2 aromatic carbocycles. The maximum absolute atomic E-state index is 12.4. The molecule has 0 atom stereocenters. The predicted octanol–water partition coefficient (Wildman–Crippen LogP) is 2.96. The first-order valence-electron chi connectivity index (χ1n) is 9.59. The molecular weight excluding hydrogens is 396 g/mol. The van der Waals surface area contributed by atoms with Gasteiger partial charge in [-0.2, -0.15) is 0 Å². The Hall–Kier alpha value is -4.33. The minimum absolute atomic E-state index is 0.0182. The first kappa shape index (κ1) is 20.0. The zero-order valence-corrected chi connectivity index (χ0v) is 16.4. The van der Waals surface area contributed by atoms with Crippen molar-refractivity contribution in [2.24, 2.45) is 0 Å². The van der Waals surface area contributed by atoms with Crippen molar-refractivity contribution >= 4 is 35.0 Å². The molecule has 1 aliphatic rings. The van der Waals surface area contributed by atoms with E-state index in [1.54, 1.807) is 66.9 Å². The second-order valence-electron chi connectivity index (χ2n) is 6.88. The summed E-state index contributed by atoms with van der Waals surface area (Å²) in [4.78, 5) is 54.3. The third kappa shape index (κ3) is 4.32. The van der Waals surface area contributed by atoms with Gasteiger partial charge in [0, 0.05) is 36.7 Å². The maximum atomic E-state index is 12.4. The molecule has 0 fully saturated rings. The van der Waals surface area contributed by atoms with Gasteiger partial charge >= 0.3 is 0 Å². The van der Waals surface area contributed by atoms with Gasteiger partial charge in [0.25, 0.3) is 17.7 Å². The van der Waals surface area contributed by atoms with Crippen molar-refractivity contribution in [3.63, 3.8) is 0 Å². The Morgan fingerprint density at radius 3 is 2.16 bits per heavy atom. The Morgan fingerprint density at radius 1 is 0.839 bits per heavy atom. The Kier molecular flexibility index (Phi) is 5.53. The van der Waals surface area contributed by atoms with Crippen molar-refractivity contribution < 1.29 is 19.2 Å². The summed E-state index contributed by atoms with van der Waals surface area (Å²) >= 11 is 0. The van der Waals surface area contributed by atoms with Gasteiger partial charge in [-0.05, 0) is 42.5 Å². The number of nitrogens with zero attached hydrogens (tertiary/aromatic N) is 2. The predicted molar refractivity (Wildman–Crippen MR) is 114 cm³/mol. The van der Waals surface area contributed by atoms with Crippen LogP contribution in [0, 0.1) is 0 Å². The third-order valence-corrected chi connectivity index (χ3v) is 4.77. The second-order valence-corrected chi connectivity index (χ2v) is 6.88. The van der Waals surface area contributed by atoms with Crippen LogP contribution in [0.5, 0.6) is 0 Å². The summed E-state index contributed by atoms with van der Waals surface area (Å²) in [6, 6.07) is 16.6. The summed E-state index contributed by atoms with van der Waals surface area (Å²) in [6.07, 6.45) is 2.99. The van der Waals surface area contributed by atoms with E-state index in [4.69, 9.17) is 0 Å². The molecule has 8 heteroatoms. The van der Waals surface area contributed by atoms with Crippen LogP contribution >= 0.6 is 0 Å². The van der Waals surface area contributed by atoms with Gasteiger partial charge in [-0.1, -0.05) is 18.2 Å². The lowest BCUT2D eigenvalue weighted by molar-refractivity contribution is -0.116. The van der Waals surface area contributed by atoms with Crippen molar-refractivity contribution in [3.05, 3.63) is 89.7 Å². The van der Waals surface area contributed by atoms with Gasteiger partial charge < -0.3 is 10.6 Å². The third-order valence-electron chi connectivity index (χ3n) is 4.77. The molecule has 2 heterocycles. The van der Waals surface area contributed by atoms with Crippen LogP contribution in [0.2, 0.25) is 0 Å². The summed E-state index contributed by atoms with van der Waals surface area (Å²) < 4.78 is 0. The average molecular weight is 414 g/mol. The van der Waals surface area contributed by atoms with E-state index in [0.29, 0.717) is 28.1 Å². The standard InChI is InChI=1S/C23H18N4O4/c28-20(10-12-27-22(30)18-8-1-2-9-19(18)23(27)31)25-16-6-3-7-17(13-16)26-21(29)15-5-4-11-24-14-15/h1-9,11,13-14H,10,12H2,(H,25,28)(H,26,29). The first-order chi connectivity index (χ1) is 15.0. The molecule has 0 aliphatic carbocycles. The number of benzene rings is 2. The Balaban J connectivity index is 1.34. The number of carbonyl (C=O) groups is 4. The number of aromatic nitrogens is 1. The molecule has 31 heavy (non-hydrogen) atoms. The smallest absolute Gasteiger partial charge is 0.261 e. The molecule has 1 aliphatic heterocycles. The van der Waals surface area contributed by atoms with Crippen LogP contribution in [0.3, 0.4) is 0 Å². The minimum Gasteiger partial charge on any atom is -0.326 e. The fourth-order valence-electron chi connectivity index (χ4n) is 3.25. The lowest BCUT2D eigenvalue weighted by Crippen LogP contribution is -2.32. The van der Waals surface area contributed by atoms with Crippen molar-refractivity contribution in [1.82, 2.24) is 9.88 Å². The van der Waals surface area contributed by atoms with Crippen LogP contribution in [-0.4, -0.2) is 40.1 Å². The van der Waals surface area contributed by atoms with Gasteiger partial charge in [0.1, 0.15) is 0 Å². The van der Waals surface area contributed by atoms with E-state index < -0.39 is 11.8 Å². The number of amides is 4. The zero-order valence-electron chi connectivity index (χ0n) is 16.4. The van der Waals surface area contributed by atoms with Gasteiger partial charge in [-0.3, -0.25) is 29.1 Å². The minimum atomic E-state index is -0.395. The second kappa shape index (κ2) is 8.58. The molecule has 0 saturated heterocycles. The number of anilines is 2. The van der Waals surface area contributed by atoms with Crippen molar-refractivity contribution in [2.45, 2.75) is 6.42 Å². The van der Waals surface area contributed by atoms with Crippen LogP contribution in [0.15, 0.2) is 73.1 Å². The van der Waals surface area contributed by atoms with Crippen LogP contribution in [-0.2, 0) is 4.79 Å². The number of imide groups is 1. The number of carbonyl (C=O) groups excluding carboxylic acids is 4. The molecule has 0 unspecified atom stereocenters. The monoisotopic (exact) mass is 414 g/mol. The summed E-state index contributed by atoms with van der Waals surface area (Å²) in [5, 5.41) is 5.46.